The number of nitrogens with one attached hydrogen (secondary N) is 1. The maximum absolute atomic E-state index is 12.7. The summed E-state index contributed by atoms with van der Waals surface area (Å²) in [5.74, 6) is -0.849. The van der Waals surface area contributed by atoms with Crippen LogP contribution >= 0.6 is 0 Å². The summed E-state index contributed by atoms with van der Waals surface area (Å²) >= 11 is 0. The van der Waals surface area contributed by atoms with E-state index in [0.717, 1.165) is 23.8 Å². The number of aryl methyl sites for hydroxylation is 1. The van der Waals surface area contributed by atoms with Crippen LogP contribution in [0.5, 0.6) is 5.75 Å². The SMILES string of the molecule is C/C(=N\NC(=O)c1cccc(C)c1)c1cc(C(F)(F)F)ccc1O. The van der Waals surface area contributed by atoms with Crippen molar-refractivity contribution in [2.24, 2.45) is 5.10 Å². The topological polar surface area (TPSA) is 61.7 Å². The number of hydrogen-bond donors (Lipinski definition) is 2. The molecule has 0 aliphatic heterocycles. The molecule has 0 saturated carbocycles. The van der Waals surface area contributed by atoms with Gasteiger partial charge >= 0.3 is 6.18 Å². The summed E-state index contributed by atoms with van der Waals surface area (Å²) in [5, 5.41) is 13.5. The predicted molar refractivity (Wildman–Crippen MR) is 84.0 cm³/mol. The smallest absolute Gasteiger partial charge is 0.416 e. The number of halogens is 3. The third kappa shape index (κ3) is 4.13. The van der Waals surface area contributed by atoms with Crippen LogP contribution in [0.1, 0.15) is 34.0 Å². The molecule has 0 unspecified atom stereocenters. The maximum atomic E-state index is 12.7. The minimum atomic E-state index is -4.53. The van der Waals surface area contributed by atoms with E-state index in [-0.39, 0.29) is 17.0 Å². The summed E-state index contributed by atoms with van der Waals surface area (Å²) < 4.78 is 38.2. The van der Waals surface area contributed by atoms with Crippen LogP contribution in [0.25, 0.3) is 0 Å². The van der Waals surface area contributed by atoms with Gasteiger partial charge in [0.25, 0.3) is 5.91 Å². The Labute approximate surface area is 136 Å². The number of amides is 1. The second kappa shape index (κ2) is 6.74. The second-order valence-electron chi connectivity index (χ2n) is 5.24. The number of rotatable bonds is 3. The standard InChI is InChI=1S/C17H15F3N2O2/c1-10-4-3-5-12(8-10)16(24)22-21-11(2)14-9-13(17(18,19)20)6-7-15(14)23/h3-9,23H,1-2H3,(H,22,24)/b21-11+. The van der Waals surface area contributed by atoms with E-state index >= 15 is 0 Å². The summed E-state index contributed by atoms with van der Waals surface area (Å²) in [6, 6.07) is 9.28. The lowest BCUT2D eigenvalue weighted by Gasteiger charge is -2.10. The zero-order chi connectivity index (χ0) is 17.9. The maximum Gasteiger partial charge on any atom is 0.416 e. The second-order valence-corrected chi connectivity index (χ2v) is 5.24. The van der Waals surface area contributed by atoms with Crippen molar-refractivity contribution in [2.45, 2.75) is 20.0 Å². The Bertz CT molecular complexity index is 799. The molecule has 0 saturated heterocycles. The van der Waals surface area contributed by atoms with Gasteiger partial charge in [0.15, 0.2) is 0 Å². The fourth-order valence-corrected chi connectivity index (χ4v) is 2.05. The monoisotopic (exact) mass is 336 g/mol. The Balaban J connectivity index is 2.23. The fraction of sp³-hybridized carbons (Fsp3) is 0.176. The van der Waals surface area contributed by atoms with Gasteiger partial charge in [0.05, 0.1) is 11.3 Å². The van der Waals surface area contributed by atoms with Gasteiger partial charge in [-0.3, -0.25) is 4.79 Å². The number of aromatic hydroxyl groups is 1. The molecule has 2 aromatic carbocycles. The highest BCUT2D eigenvalue weighted by atomic mass is 19.4. The minimum absolute atomic E-state index is 0.0552. The summed E-state index contributed by atoms with van der Waals surface area (Å²) in [4.78, 5) is 12.0. The van der Waals surface area contributed by atoms with Crippen LogP contribution in [0.3, 0.4) is 0 Å². The van der Waals surface area contributed by atoms with E-state index in [9.17, 15) is 23.1 Å². The molecular weight excluding hydrogens is 321 g/mol. The molecule has 24 heavy (non-hydrogen) atoms. The minimum Gasteiger partial charge on any atom is -0.507 e. The lowest BCUT2D eigenvalue weighted by atomic mass is 10.1. The van der Waals surface area contributed by atoms with Crippen molar-refractivity contribution in [3.63, 3.8) is 0 Å². The van der Waals surface area contributed by atoms with E-state index in [2.05, 4.69) is 10.5 Å². The molecule has 0 aromatic heterocycles. The molecule has 0 spiro atoms. The van der Waals surface area contributed by atoms with Gasteiger partial charge in [0.1, 0.15) is 5.75 Å². The average molecular weight is 336 g/mol. The third-order valence-electron chi connectivity index (χ3n) is 3.32. The van der Waals surface area contributed by atoms with Gasteiger partial charge in [-0.25, -0.2) is 5.43 Å². The number of alkyl halides is 3. The number of hydrazone groups is 1. The Kier molecular flexibility index (Phi) is 4.92. The van der Waals surface area contributed by atoms with Crippen LogP contribution in [0.15, 0.2) is 47.6 Å². The fourth-order valence-electron chi connectivity index (χ4n) is 2.05. The molecule has 1 amide bonds. The molecule has 2 rings (SSSR count). The molecule has 2 N–H and O–H groups in total. The van der Waals surface area contributed by atoms with Gasteiger partial charge < -0.3 is 5.11 Å². The van der Waals surface area contributed by atoms with E-state index in [1.165, 1.54) is 6.92 Å². The summed E-state index contributed by atoms with van der Waals surface area (Å²) in [6.07, 6.45) is -4.53. The van der Waals surface area contributed by atoms with Gasteiger partial charge in [-0.1, -0.05) is 17.7 Å². The van der Waals surface area contributed by atoms with Crippen LogP contribution < -0.4 is 5.43 Å². The van der Waals surface area contributed by atoms with Crippen molar-refractivity contribution < 1.29 is 23.1 Å². The number of hydrogen-bond acceptors (Lipinski definition) is 3. The summed E-state index contributed by atoms with van der Waals surface area (Å²) in [6.45, 7) is 3.22. The van der Waals surface area contributed by atoms with Crippen molar-refractivity contribution in [3.05, 3.63) is 64.7 Å². The predicted octanol–water partition coefficient (Wildman–Crippen LogP) is 3.87. The molecule has 126 valence electrons. The van der Waals surface area contributed by atoms with Crippen molar-refractivity contribution in [2.75, 3.05) is 0 Å². The van der Waals surface area contributed by atoms with E-state index < -0.39 is 17.6 Å². The van der Waals surface area contributed by atoms with Gasteiger partial charge in [0.2, 0.25) is 0 Å². The molecule has 2 aromatic rings. The molecule has 0 fully saturated rings. The highest BCUT2D eigenvalue weighted by Gasteiger charge is 2.31. The first-order valence-corrected chi connectivity index (χ1v) is 7.00. The summed E-state index contributed by atoms with van der Waals surface area (Å²) in [5.41, 5.74) is 2.57. The Morgan fingerprint density at radius 3 is 2.50 bits per heavy atom. The van der Waals surface area contributed by atoms with Crippen LogP contribution in [-0.4, -0.2) is 16.7 Å². The number of phenols is 1. The largest absolute Gasteiger partial charge is 0.507 e. The number of carbonyl (C=O) groups excluding carboxylic acids is 1. The van der Waals surface area contributed by atoms with E-state index in [4.69, 9.17) is 0 Å². The number of benzene rings is 2. The number of carbonyl (C=O) groups is 1. The lowest BCUT2D eigenvalue weighted by Crippen LogP contribution is -2.19. The normalized spacial score (nSPS) is 12.1. The Morgan fingerprint density at radius 1 is 1.17 bits per heavy atom. The Morgan fingerprint density at radius 2 is 1.88 bits per heavy atom. The molecule has 7 heteroatoms. The van der Waals surface area contributed by atoms with E-state index in [0.29, 0.717) is 5.56 Å². The van der Waals surface area contributed by atoms with Gasteiger partial charge in [0, 0.05) is 11.1 Å². The van der Waals surface area contributed by atoms with Gasteiger partial charge in [-0.15, -0.1) is 0 Å². The Hall–Kier alpha value is -2.83. The lowest BCUT2D eigenvalue weighted by molar-refractivity contribution is -0.137. The molecule has 0 heterocycles. The first-order chi connectivity index (χ1) is 11.2. The van der Waals surface area contributed by atoms with Crippen molar-refractivity contribution in [1.29, 1.82) is 0 Å². The summed E-state index contributed by atoms with van der Waals surface area (Å²) in [7, 11) is 0. The molecular formula is C17H15F3N2O2. The number of nitrogens with zero attached hydrogens (tertiary/aromatic N) is 1. The third-order valence-corrected chi connectivity index (χ3v) is 3.32. The van der Waals surface area contributed by atoms with Gasteiger partial charge in [-0.2, -0.15) is 18.3 Å². The zero-order valence-corrected chi connectivity index (χ0v) is 13.0. The quantitative estimate of drug-likeness (QED) is 0.660. The van der Waals surface area contributed by atoms with Crippen LogP contribution in [0.4, 0.5) is 13.2 Å². The van der Waals surface area contributed by atoms with Crippen molar-refractivity contribution in [3.8, 4) is 5.75 Å². The molecule has 4 nitrogen and oxygen atoms in total. The van der Waals surface area contributed by atoms with Crippen molar-refractivity contribution in [1.82, 2.24) is 5.43 Å². The van der Waals surface area contributed by atoms with Crippen LogP contribution in [0, 0.1) is 6.92 Å². The first kappa shape index (κ1) is 17.5. The molecule has 0 aliphatic rings. The molecule has 0 bridgehead atoms. The first-order valence-electron chi connectivity index (χ1n) is 7.00. The highest BCUT2D eigenvalue weighted by molar-refractivity contribution is 6.02. The van der Waals surface area contributed by atoms with Gasteiger partial charge in [-0.05, 0) is 44.2 Å². The average Bonchev–Trinajstić information content (AvgIpc) is 2.51. The van der Waals surface area contributed by atoms with Crippen LogP contribution in [0.2, 0.25) is 0 Å². The highest BCUT2D eigenvalue weighted by Crippen LogP contribution is 2.32. The van der Waals surface area contributed by atoms with E-state index in [1.54, 1.807) is 18.2 Å². The molecule has 0 aliphatic carbocycles. The molecule has 0 radical (unpaired) electrons. The van der Waals surface area contributed by atoms with Crippen molar-refractivity contribution >= 4 is 11.6 Å². The number of phenolic OH excluding ortho intramolecular Hbond substituents is 1. The van der Waals surface area contributed by atoms with Crippen LogP contribution in [-0.2, 0) is 6.18 Å². The van der Waals surface area contributed by atoms with E-state index in [1.807, 2.05) is 13.0 Å². The zero-order valence-electron chi connectivity index (χ0n) is 13.0. The molecule has 0 atom stereocenters.